The van der Waals surface area contributed by atoms with Gasteiger partial charge >= 0.3 is 12.1 Å². The van der Waals surface area contributed by atoms with E-state index < -0.39 is 53.3 Å². The van der Waals surface area contributed by atoms with Crippen LogP contribution in [0.5, 0.6) is 0 Å². The summed E-state index contributed by atoms with van der Waals surface area (Å²) in [6.07, 6.45) is -1.47. The molecule has 0 radical (unpaired) electrons. The van der Waals surface area contributed by atoms with Crippen molar-refractivity contribution in [2.45, 2.75) is 75.7 Å². The van der Waals surface area contributed by atoms with E-state index in [1.165, 1.54) is 11.9 Å². The second-order valence-corrected chi connectivity index (χ2v) is 12.0. The highest BCUT2D eigenvalue weighted by Crippen LogP contribution is 2.44. The minimum atomic E-state index is -5.17. The number of primary amides is 1. The lowest BCUT2D eigenvalue weighted by Crippen LogP contribution is -2.58. The number of nitrogens with two attached hydrogens (primary N) is 1. The zero-order valence-corrected chi connectivity index (χ0v) is 22.7. The van der Waals surface area contributed by atoms with Gasteiger partial charge in [0.1, 0.15) is 18.1 Å². The fraction of sp³-hybridized carbons (Fsp3) is 0.607. The molecule has 1 saturated heterocycles. The number of likely N-dealkylation sites (tertiary alicyclic amines) is 1. The second-order valence-electron chi connectivity index (χ2n) is 12.0. The topological polar surface area (TPSA) is 142 Å². The molecule has 4 N–H and O–H groups in total. The minimum absolute atomic E-state index is 0.00793. The maximum absolute atomic E-state index is 14.1. The number of nitrogens with one attached hydrogen (secondary N) is 2. The summed E-state index contributed by atoms with van der Waals surface area (Å²) in [6.45, 7) is -0.0981. The van der Waals surface area contributed by atoms with Crippen LogP contribution >= 0.6 is 0 Å². The minimum Gasteiger partial charge on any atom is -0.368 e. The van der Waals surface area contributed by atoms with Gasteiger partial charge in [0.25, 0.3) is 0 Å². The van der Waals surface area contributed by atoms with Crippen molar-refractivity contribution in [1.29, 1.82) is 0 Å². The Morgan fingerprint density at radius 3 is 2.37 bits per heavy atom. The molecule has 1 spiro atoms. The van der Waals surface area contributed by atoms with Crippen molar-refractivity contribution in [3.8, 4) is 0 Å². The van der Waals surface area contributed by atoms with E-state index in [1.54, 1.807) is 12.1 Å². The molecule has 0 bridgehead atoms. The Bertz CT molecular complexity index is 1260. The van der Waals surface area contributed by atoms with Crippen LogP contribution in [0.3, 0.4) is 0 Å². The molecule has 3 fully saturated rings. The van der Waals surface area contributed by atoms with Crippen LogP contribution in [0.2, 0.25) is 0 Å². The molecule has 13 heteroatoms. The molecule has 10 nitrogen and oxygen atoms in total. The zero-order chi connectivity index (χ0) is 29.7. The molecule has 1 aromatic rings. The predicted molar refractivity (Wildman–Crippen MR) is 140 cm³/mol. The molecule has 41 heavy (non-hydrogen) atoms. The summed E-state index contributed by atoms with van der Waals surface area (Å²) in [5.41, 5.74) is 6.12. The summed E-state index contributed by atoms with van der Waals surface area (Å²) >= 11 is 0. The van der Waals surface area contributed by atoms with Crippen molar-refractivity contribution >= 4 is 35.2 Å². The van der Waals surface area contributed by atoms with E-state index in [4.69, 9.17) is 5.73 Å². The number of nitrogens with zero attached hydrogens (tertiary/aromatic N) is 2. The Morgan fingerprint density at radius 2 is 1.76 bits per heavy atom. The number of carbonyl (C=O) groups is 5. The van der Waals surface area contributed by atoms with Gasteiger partial charge in [0.15, 0.2) is 0 Å². The predicted octanol–water partition coefficient (Wildman–Crippen LogP) is 1.73. The van der Waals surface area contributed by atoms with Gasteiger partial charge in [-0.05, 0) is 49.1 Å². The molecule has 1 unspecified atom stereocenters. The molecule has 4 aliphatic rings. The Kier molecular flexibility index (Phi) is 7.49. The average molecular weight is 578 g/mol. The number of fused-ring (bicyclic) bond motifs is 1. The Hall–Kier alpha value is -3.64. The van der Waals surface area contributed by atoms with E-state index in [9.17, 15) is 37.1 Å². The van der Waals surface area contributed by atoms with E-state index in [0.29, 0.717) is 5.69 Å². The lowest BCUT2D eigenvalue weighted by atomic mass is 9.76. The number of hydrogen-bond acceptors (Lipinski definition) is 5. The third kappa shape index (κ3) is 6.03. The monoisotopic (exact) mass is 577 g/mol. The fourth-order valence-corrected chi connectivity index (χ4v) is 6.09. The number of hydrogen-bond donors (Lipinski definition) is 3. The van der Waals surface area contributed by atoms with Crippen LogP contribution in [0.15, 0.2) is 24.3 Å². The third-order valence-electron chi connectivity index (χ3n) is 8.80. The van der Waals surface area contributed by atoms with Crippen LogP contribution in [0.4, 0.5) is 18.9 Å². The van der Waals surface area contributed by atoms with Crippen LogP contribution < -0.4 is 16.4 Å². The highest BCUT2D eigenvalue weighted by molar-refractivity contribution is 6.01. The van der Waals surface area contributed by atoms with Crippen molar-refractivity contribution in [2.75, 3.05) is 18.9 Å². The molecule has 1 aromatic carbocycles. The molecular formula is C28H34F3N5O5. The number of amides is 5. The van der Waals surface area contributed by atoms with Gasteiger partial charge < -0.3 is 26.2 Å². The first-order chi connectivity index (χ1) is 19.3. The molecule has 2 aliphatic carbocycles. The third-order valence-corrected chi connectivity index (χ3v) is 8.80. The number of likely N-dealkylation sites (N-methyl/N-ethyl adjacent to an activating group) is 1. The first kappa shape index (κ1) is 28.9. The summed E-state index contributed by atoms with van der Waals surface area (Å²) < 4.78 is 39.1. The van der Waals surface area contributed by atoms with Crippen LogP contribution in [0.25, 0.3) is 0 Å². The Balaban J connectivity index is 1.40. The van der Waals surface area contributed by atoms with Gasteiger partial charge in [0, 0.05) is 19.3 Å². The van der Waals surface area contributed by atoms with Gasteiger partial charge in [0.05, 0.1) is 5.41 Å². The number of carbonyl (C=O) groups excluding carboxylic acids is 5. The lowest BCUT2D eigenvalue weighted by molar-refractivity contribution is -0.175. The normalized spacial score (nSPS) is 25.2. The Morgan fingerprint density at radius 1 is 1.12 bits per heavy atom. The molecule has 2 saturated carbocycles. The van der Waals surface area contributed by atoms with Gasteiger partial charge in [-0.15, -0.1) is 0 Å². The molecule has 4 atom stereocenters. The number of para-hydroxylation sites is 1. The summed E-state index contributed by atoms with van der Waals surface area (Å²) in [5, 5.41) is 4.69. The summed E-state index contributed by atoms with van der Waals surface area (Å²) in [7, 11) is 1.33. The van der Waals surface area contributed by atoms with Crippen LogP contribution in [-0.2, 0) is 30.4 Å². The molecule has 5 rings (SSSR count). The van der Waals surface area contributed by atoms with Crippen molar-refractivity contribution in [3.05, 3.63) is 29.8 Å². The van der Waals surface area contributed by atoms with Gasteiger partial charge in [-0.1, -0.05) is 43.9 Å². The van der Waals surface area contributed by atoms with Crippen LogP contribution in [-0.4, -0.2) is 77.2 Å². The quantitative estimate of drug-likeness (QED) is 0.410. The van der Waals surface area contributed by atoms with E-state index in [1.807, 2.05) is 17.4 Å². The molecule has 2 heterocycles. The molecule has 0 aromatic heterocycles. The van der Waals surface area contributed by atoms with Crippen molar-refractivity contribution in [1.82, 2.24) is 15.1 Å². The number of alkyl halides is 3. The summed E-state index contributed by atoms with van der Waals surface area (Å²) in [5.74, 6) is -4.60. The standard InChI is InChI=1S/C28H34F3N5O5/c1-35(23(38)19(10-15-6-7-15)34-26(41)28(29,30)31)20(11-16-8-9-16)24(39)36-14-27(13-21(36)22(32)37)12-17-4-2-3-5-18(17)33-25(27)40/h2-5,15-16,19-21H,6-14H2,1H3,(H2,32,37)(H,33,40)(H,34,41)/t19-,20?,21-,27-/m0/s1. The summed E-state index contributed by atoms with van der Waals surface area (Å²) in [6, 6.07) is 3.59. The zero-order valence-electron chi connectivity index (χ0n) is 22.7. The average Bonchev–Trinajstić information content (AvgIpc) is 3.85. The van der Waals surface area contributed by atoms with Crippen molar-refractivity contribution in [3.63, 3.8) is 0 Å². The van der Waals surface area contributed by atoms with Gasteiger partial charge in [0.2, 0.25) is 23.6 Å². The number of anilines is 1. The largest absolute Gasteiger partial charge is 0.471 e. The molecule has 2 aliphatic heterocycles. The maximum Gasteiger partial charge on any atom is 0.471 e. The van der Waals surface area contributed by atoms with Crippen molar-refractivity contribution in [2.24, 2.45) is 23.0 Å². The van der Waals surface area contributed by atoms with Crippen molar-refractivity contribution < 1.29 is 37.1 Å². The van der Waals surface area contributed by atoms with E-state index in [2.05, 4.69) is 5.32 Å². The second kappa shape index (κ2) is 10.6. The van der Waals surface area contributed by atoms with Gasteiger partial charge in [-0.25, -0.2) is 0 Å². The van der Waals surface area contributed by atoms with Gasteiger partial charge in [-0.3, -0.25) is 24.0 Å². The highest BCUT2D eigenvalue weighted by atomic mass is 19.4. The maximum atomic E-state index is 14.1. The number of halogens is 3. The van der Waals surface area contributed by atoms with E-state index in [-0.39, 0.29) is 50.0 Å². The van der Waals surface area contributed by atoms with E-state index >= 15 is 0 Å². The Labute approximate surface area is 235 Å². The molecule has 5 amide bonds. The van der Waals surface area contributed by atoms with Crippen LogP contribution in [0.1, 0.15) is 50.5 Å². The summed E-state index contributed by atoms with van der Waals surface area (Å²) in [4.78, 5) is 67.6. The molecular weight excluding hydrogens is 543 g/mol. The van der Waals surface area contributed by atoms with Gasteiger partial charge in [-0.2, -0.15) is 13.2 Å². The molecule has 222 valence electrons. The fourth-order valence-electron chi connectivity index (χ4n) is 6.09. The first-order valence-corrected chi connectivity index (χ1v) is 13.9. The smallest absolute Gasteiger partial charge is 0.368 e. The number of benzene rings is 1. The SMILES string of the molecule is CN(C(=O)[C@H](CC1CC1)NC(=O)C(F)(F)F)C(CC1CC1)C(=O)N1C[C@]2(Cc3ccccc3NC2=O)C[C@H]1C(N)=O. The van der Waals surface area contributed by atoms with E-state index in [0.717, 1.165) is 36.1 Å². The lowest BCUT2D eigenvalue weighted by Gasteiger charge is -2.36. The first-order valence-electron chi connectivity index (χ1n) is 13.9. The number of rotatable bonds is 9. The highest BCUT2D eigenvalue weighted by Gasteiger charge is 2.55. The van der Waals surface area contributed by atoms with Crippen LogP contribution in [0, 0.1) is 17.3 Å².